The van der Waals surface area contributed by atoms with E-state index in [9.17, 15) is 13.2 Å². The largest absolute Gasteiger partial charge is 0.207 e. The Morgan fingerprint density at radius 2 is 1.67 bits per heavy atom. The van der Waals surface area contributed by atoms with Gasteiger partial charge < -0.3 is 0 Å². The van der Waals surface area contributed by atoms with Gasteiger partial charge in [0.05, 0.1) is 0 Å². The van der Waals surface area contributed by atoms with Crippen LogP contribution in [-0.4, -0.2) is 0 Å². The molecule has 0 N–H and O–H groups in total. The van der Waals surface area contributed by atoms with Crippen LogP contribution < -0.4 is 0 Å². The van der Waals surface area contributed by atoms with Crippen molar-refractivity contribution in [1.82, 2.24) is 0 Å². The molecule has 1 rings (SSSR count). The zero-order valence-corrected chi connectivity index (χ0v) is 6.28. The number of hydrogen-bond donors (Lipinski definition) is 0. The Kier molecular flexibility index (Phi) is 2.53. The van der Waals surface area contributed by atoms with Gasteiger partial charge in [0.25, 0.3) is 0 Å². The molecule has 0 nitrogen and oxygen atoms in total. The summed E-state index contributed by atoms with van der Waals surface area (Å²) in [4.78, 5) is 0. The Balaban J connectivity index is 3.18. The summed E-state index contributed by atoms with van der Waals surface area (Å²) in [6.45, 7) is 3.33. The highest BCUT2D eigenvalue weighted by Crippen LogP contribution is 2.15. The third kappa shape index (κ3) is 1.67. The van der Waals surface area contributed by atoms with Gasteiger partial charge in [0.1, 0.15) is 17.5 Å². The van der Waals surface area contributed by atoms with Crippen LogP contribution in [0.25, 0.3) is 0 Å². The zero-order chi connectivity index (χ0) is 9.14. The van der Waals surface area contributed by atoms with Gasteiger partial charge in [-0.05, 0) is 6.42 Å². The molecule has 1 aromatic rings. The lowest BCUT2D eigenvalue weighted by Crippen LogP contribution is -1.95. The number of hydrogen-bond acceptors (Lipinski definition) is 0. The van der Waals surface area contributed by atoms with Gasteiger partial charge in [-0.25, -0.2) is 13.2 Å². The summed E-state index contributed by atoms with van der Waals surface area (Å²) in [6.07, 6.45) is 1.43. The molecule has 12 heavy (non-hydrogen) atoms. The maximum absolute atomic E-state index is 12.8. The lowest BCUT2D eigenvalue weighted by molar-refractivity contribution is 0.528. The highest BCUT2D eigenvalue weighted by molar-refractivity contribution is 5.22. The van der Waals surface area contributed by atoms with E-state index < -0.39 is 17.5 Å². The maximum Gasteiger partial charge on any atom is 0.132 e. The first-order valence-electron chi connectivity index (χ1n) is 3.39. The van der Waals surface area contributed by atoms with E-state index in [4.69, 9.17) is 0 Å². The molecule has 0 aliphatic heterocycles. The second-order valence-corrected chi connectivity index (χ2v) is 2.34. The molecule has 0 heterocycles. The molecular formula is C9H7F3. The molecule has 0 saturated carbocycles. The van der Waals surface area contributed by atoms with Crippen molar-refractivity contribution in [1.29, 1.82) is 0 Å². The minimum Gasteiger partial charge on any atom is -0.207 e. The second-order valence-electron chi connectivity index (χ2n) is 2.34. The molecular weight excluding hydrogens is 165 g/mol. The summed E-state index contributed by atoms with van der Waals surface area (Å²) in [6, 6.07) is 1.31. The molecule has 0 saturated heterocycles. The van der Waals surface area contributed by atoms with Crippen LogP contribution in [0.2, 0.25) is 0 Å². The highest BCUT2D eigenvalue weighted by Gasteiger charge is 2.08. The van der Waals surface area contributed by atoms with Crippen LogP contribution in [0.5, 0.6) is 0 Å². The molecule has 0 aliphatic rings. The van der Waals surface area contributed by atoms with E-state index in [1.165, 1.54) is 6.08 Å². The minimum absolute atomic E-state index is 0.0674. The van der Waals surface area contributed by atoms with Gasteiger partial charge in [0.2, 0.25) is 0 Å². The van der Waals surface area contributed by atoms with Gasteiger partial charge in [0, 0.05) is 17.7 Å². The Bertz CT molecular complexity index is 282. The fourth-order valence-electron chi connectivity index (χ4n) is 0.911. The normalized spacial score (nSPS) is 9.92. The number of rotatable bonds is 2. The lowest BCUT2D eigenvalue weighted by atomic mass is 10.1. The maximum atomic E-state index is 12.8. The zero-order valence-electron chi connectivity index (χ0n) is 6.28. The molecule has 0 atom stereocenters. The van der Waals surface area contributed by atoms with Crippen molar-refractivity contribution in [2.45, 2.75) is 6.42 Å². The average Bonchev–Trinajstić information content (AvgIpc) is 1.96. The van der Waals surface area contributed by atoms with E-state index in [1.807, 2.05) is 0 Å². The van der Waals surface area contributed by atoms with Crippen LogP contribution in [0.3, 0.4) is 0 Å². The molecule has 0 radical (unpaired) electrons. The van der Waals surface area contributed by atoms with Crippen molar-refractivity contribution in [3.05, 3.63) is 47.8 Å². The van der Waals surface area contributed by atoms with Gasteiger partial charge in [-0.2, -0.15) is 0 Å². The van der Waals surface area contributed by atoms with Crippen LogP contribution in [0, 0.1) is 17.5 Å². The lowest BCUT2D eigenvalue weighted by Gasteiger charge is -2.00. The Hall–Kier alpha value is -1.25. The van der Waals surface area contributed by atoms with Crippen molar-refractivity contribution >= 4 is 0 Å². The third-order valence-electron chi connectivity index (χ3n) is 1.45. The summed E-state index contributed by atoms with van der Waals surface area (Å²) in [5.74, 6) is -2.64. The molecule has 0 amide bonds. The number of halogens is 3. The summed E-state index contributed by atoms with van der Waals surface area (Å²) in [5, 5.41) is 0. The molecule has 0 fully saturated rings. The van der Waals surface area contributed by atoms with Gasteiger partial charge >= 0.3 is 0 Å². The van der Waals surface area contributed by atoms with Crippen LogP contribution in [-0.2, 0) is 6.42 Å². The summed E-state index contributed by atoms with van der Waals surface area (Å²) >= 11 is 0. The quantitative estimate of drug-likeness (QED) is 0.602. The predicted molar refractivity (Wildman–Crippen MR) is 40.2 cm³/mol. The van der Waals surface area contributed by atoms with E-state index in [0.29, 0.717) is 12.1 Å². The van der Waals surface area contributed by atoms with Crippen molar-refractivity contribution < 1.29 is 13.2 Å². The van der Waals surface area contributed by atoms with E-state index >= 15 is 0 Å². The van der Waals surface area contributed by atoms with Crippen LogP contribution in [0.4, 0.5) is 13.2 Å². The fourth-order valence-corrected chi connectivity index (χ4v) is 0.911. The molecule has 1 aromatic carbocycles. The number of allylic oxidation sites excluding steroid dienone is 1. The number of benzene rings is 1. The molecule has 0 spiro atoms. The van der Waals surface area contributed by atoms with Crippen molar-refractivity contribution in [2.75, 3.05) is 0 Å². The minimum atomic E-state index is -0.905. The molecule has 0 unspecified atom stereocenters. The highest BCUT2D eigenvalue weighted by atomic mass is 19.1. The molecule has 0 aromatic heterocycles. The SMILES string of the molecule is C=CCc1c(F)cc(F)cc1F. The van der Waals surface area contributed by atoms with Crippen molar-refractivity contribution in [2.24, 2.45) is 0 Å². The summed E-state index contributed by atoms with van der Waals surface area (Å²) in [5.41, 5.74) is -0.147. The van der Waals surface area contributed by atoms with Crippen LogP contribution in [0.15, 0.2) is 24.8 Å². The fraction of sp³-hybridized carbons (Fsp3) is 0.111. The monoisotopic (exact) mass is 172 g/mol. The van der Waals surface area contributed by atoms with E-state index in [1.54, 1.807) is 0 Å². The summed E-state index contributed by atoms with van der Waals surface area (Å²) < 4.78 is 37.9. The predicted octanol–water partition coefficient (Wildman–Crippen LogP) is 2.83. The Labute approximate surface area is 68.3 Å². The first kappa shape index (κ1) is 8.84. The Morgan fingerprint density at radius 3 is 2.08 bits per heavy atom. The van der Waals surface area contributed by atoms with Crippen LogP contribution in [0.1, 0.15) is 5.56 Å². The molecule has 0 aliphatic carbocycles. The standard InChI is InChI=1S/C9H7F3/c1-2-3-7-8(11)4-6(10)5-9(7)12/h2,4-5H,1,3H2. The summed E-state index contributed by atoms with van der Waals surface area (Å²) in [7, 11) is 0. The average molecular weight is 172 g/mol. The van der Waals surface area contributed by atoms with Gasteiger partial charge in [-0.15, -0.1) is 6.58 Å². The molecule has 64 valence electrons. The van der Waals surface area contributed by atoms with Gasteiger partial charge in [0.15, 0.2) is 0 Å². The third-order valence-corrected chi connectivity index (χ3v) is 1.45. The molecule has 0 bridgehead atoms. The smallest absolute Gasteiger partial charge is 0.132 e. The van der Waals surface area contributed by atoms with Crippen molar-refractivity contribution in [3.8, 4) is 0 Å². The van der Waals surface area contributed by atoms with Gasteiger partial charge in [-0.3, -0.25) is 0 Å². The van der Waals surface area contributed by atoms with Gasteiger partial charge in [-0.1, -0.05) is 6.08 Å². The molecule has 3 heteroatoms. The van der Waals surface area contributed by atoms with Crippen molar-refractivity contribution in [3.63, 3.8) is 0 Å². The van der Waals surface area contributed by atoms with E-state index in [-0.39, 0.29) is 12.0 Å². The Morgan fingerprint density at radius 1 is 1.17 bits per heavy atom. The van der Waals surface area contributed by atoms with E-state index in [0.717, 1.165) is 0 Å². The second kappa shape index (κ2) is 3.43. The topological polar surface area (TPSA) is 0 Å². The first-order valence-corrected chi connectivity index (χ1v) is 3.39. The van der Waals surface area contributed by atoms with Crippen LogP contribution >= 0.6 is 0 Å². The first-order chi connectivity index (χ1) is 5.65. The van der Waals surface area contributed by atoms with E-state index in [2.05, 4.69) is 6.58 Å².